The van der Waals surface area contributed by atoms with Gasteiger partial charge in [-0.2, -0.15) is 0 Å². The van der Waals surface area contributed by atoms with Gasteiger partial charge in [-0.1, -0.05) is 177 Å². The zero-order valence-corrected chi connectivity index (χ0v) is 23.5. The first-order valence-electron chi connectivity index (χ1n) is 14.7. The minimum atomic E-state index is 0. The van der Waals surface area contributed by atoms with E-state index in [1.807, 2.05) is 0 Å². The number of hydrogen-bond acceptors (Lipinski definition) is 1. The third-order valence-electron chi connectivity index (χ3n) is 7.39. The topological polar surface area (TPSA) is 26.0 Å². The molecule has 2 N–H and O–H groups in total. The first-order chi connectivity index (χ1) is 16.8. The molecular weight excluding hydrogens is 446 g/mol. The van der Waals surface area contributed by atoms with Gasteiger partial charge in [0.05, 0.1) is 0 Å². The van der Waals surface area contributed by atoms with Gasteiger partial charge in [-0.3, -0.25) is 0 Å². The summed E-state index contributed by atoms with van der Waals surface area (Å²) in [4.78, 5) is 0. The highest BCUT2D eigenvalue weighted by molar-refractivity contribution is 5.85. The minimum absolute atomic E-state index is 0. The molecule has 0 aliphatic heterocycles. The highest BCUT2D eigenvalue weighted by atomic mass is 35.5. The van der Waals surface area contributed by atoms with E-state index < -0.39 is 0 Å². The number of halogens is 1. The summed E-state index contributed by atoms with van der Waals surface area (Å²) in [6.45, 7) is 2.30. The van der Waals surface area contributed by atoms with Crippen LogP contribution in [0.2, 0.25) is 0 Å². The number of benzene rings is 2. The molecule has 1 atom stereocenters. The summed E-state index contributed by atoms with van der Waals surface area (Å²) in [7, 11) is 0. The van der Waals surface area contributed by atoms with E-state index in [4.69, 9.17) is 5.73 Å². The Labute approximate surface area is 224 Å². The smallest absolute Gasteiger partial charge is 0.0241 e. The zero-order valence-electron chi connectivity index (χ0n) is 22.6. The van der Waals surface area contributed by atoms with E-state index in [2.05, 4.69) is 67.6 Å². The predicted octanol–water partition coefficient (Wildman–Crippen LogP) is 10.6. The van der Waals surface area contributed by atoms with Crippen molar-refractivity contribution in [2.24, 2.45) is 5.73 Å². The molecule has 0 spiro atoms. The zero-order chi connectivity index (χ0) is 24.1. The molecule has 0 bridgehead atoms. The molecule has 0 aliphatic carbocycles. The van der Waals surface area contributed by atoms with E-state index in [0.717, 1.165) is 6.42 Å². The molecule has 35 heavy (non-hydrogen) atoms. The average Bonchev–Trinajstić information content (AvgIpc) is 2.87. The highest BCUT2D eigenvalue weighted by Crippen LogP contribution is 2.29. The van der Waals surface area contributed by atoms with E-state index in [-0.39, 0.29) is 18.4 Å². The van der Waals surface area contributed by atoms with Gasteiger partial charge in [0.2, 0.25) is 0 Å². The van der Waals surface area contributed by atoms with Crippen LogP contribution in [0.3, 0.4) is 0 Å². The maximum Gasteiger partial charge on any atom is 0.0241 e. The molecule has 0 amide bonds. The summed E-state index contributed by atoms with van der Waals surface area (Å²) in [5.74, 6) is 0.295. The van der Waals surface area contributed by atoms with Crippen molar-refractivity contribution in [3.63, 3.8) is 0 Å². The van der Waals surface area contributed by atoms with E-state index in [9.17, 15) is 0 Å². The van der Waals surface area contributed by atoms with Gasteiger partial charge in [0.1, 0.15) is 0 Å². The minimum Gasteiger partial charge on any atom is -0.327 e. The van der Waals surface area contributed by atoms with Crippen LogP contribution in [0.5, 0.6) is 0 Å². The first-order valence-corrected chi connectivity index (χ1v) is 14.7. The van der Waals surface area contributed by atoms with Crippen LogP contribution in [0.15, 0.2) is 60.7 Å². The third kappa shape index (κ3) is 14.7. The van der Waals surface area contributed by atoms with E-state index in [1.165, 1.54) is 120 Å². The normalized spacial score (nSPS) is 12.0. The van der Waals surface area contributed by atoms with Crippen molar-refractivity contribution in [1.29, 1.82) is 0 Å². The molecule has 0 aromatic heterocycles. The van der Waals surface area contributed by atoms with E-state index >= 15 is 0 Å². The Morgan fingerprint density at radius 3 is 1.14 bits per heavy atom. The van der Waals surface area contributed by atoms with Crippen LogP contribution in [0.4, 0.5) is 0 Å². The van der Waals surface area contributed by atoms with Crippen molar-refractivity contribution in [2.45, 2.75) is 134 Å². The monoisotopic (exact) mass is 499 g/mol. The lowest BCUT2D eigenvalue weighted by molar-refractivity contribution is 0.493. The Balaban J connectivity index is 0.00000612. The van der Waals surface area contributed by atoms with Gasteiger partial charge in [0.25, 0.3) is 0 Å². The number of hydrogen-bond donors (Lipinski definition) is 1. The molecule has 2 rings (SSSR count). The van der Waals surface area contributed by atoms with Crippen molar-refractivity contribution in [2.75, 3.05) is 0 Å². The van der Waals surface area contributed by atoms with Gasteiger partial charge < -0.3 is 5.73 Å². The molecule has 0 radical (unpaired) electrons. The number of nitrogens with two attached hydrogens (primary N) is 1. The van der Waals surface area contributed by atoms with Crippen molar-refractivity contribution in [1.82, 2.24) is 0 Å². The molecule has 0 heterocycles. The molecule has 1 nitrogen and oxygen atoms in total. The molecule has 2 aromatic carbocycles. The summed E-state index contributed by atoms with van der Waals surface area (Å²) < 4.78 is 0. The molecule has 0 saturated carbocycles. The van der Waals surface area contributed by atoms with Gasteiger partial charge in [-0.25, -0.2) is 0 Å². The summed E-state index contributed by atoms with van der Waals surface area (Å²) in [6, 6.07) is 21.8. The van der Waals surface area contributed by atoms with Crippen molar-refractivity contribution in [3.8, 4) is 0 Å². The SMILES string of the molecule is CCCCCCCCCCCCCCCCCCCC(N)C(c1ccccc1)c1ccccc1.Cl. The summed E-state index contributed by atoms with van der Waals surface area (Å²) in [5, 5.41) is 0. The fourth-order valence-corrected chi connectivity index (χ4v) is 5.28. The summed E-state index contributed by atoms with van der Waals surface area (Å²) in [5.41, 5.74) is 9.43. The highest BCUT2D eigenvalue weighted by Gasteiger charge is 2.21. The first kappa shape index (κ1) is 31.7. The quantitative estimate of drug-likeness (QED) is 0.170. The molecule has 2 heteroatoms. The second-order valence-corrected chi connectivity index (χ2v) is 10.4. The number of unbranched alkanes of at least 4 members (excludes halogenated alkanes) is 16. The average molecular weight is 500 g/mol. The molecule has 2 aromatic rings. The molecule has 0 fully saturated rings. The van der Waals surface area contributed by atoms with Gasteiger partial charge in [-0.15, -0.1) is 12.4 Å². The fourth-order valence-electron chi connectivity index (χ4n) is 5.28. The maximum atomic E-state index is 6.75. The van der Waals surface area contributed by atoms with Crippen LogP contribution in [0, 0.1) is 0 Å². The second-order valence-electron chi connectivity index (χ2n) is 10.4. The largest absolute Gasteiger partial charge is 0.327 e. The van der Waals surface area contributed by atoms with Crippen LogP contribution >= 0.6 is 12.4 Å². The summed E-state index contributed by atoms with van der Waals surface area (Å²) in [6.07, 6.45) is 25.2. The van der Waals surface area contributed by atoms with Crippen LogP contribution in [0.1, 0.15) is 140 Å². The molecule has 0 saturated heterocycles. The van der Waals surface area contributed by atoms with Crippen molar-refractivity contribution < 1.29 is 0 Å². The Hall–Kier alpha value is -1.31. The lowest BCUT2D eigenvalue weighted by Gasteiger charge is -2.25. The lowest BCUT2D eigenvalue weighted by Crippen LogP contribution is -2.29. The van der Waals surface area contributed by atoms with Crippen molar-refractivity contribution >= 4 is 12.4 Å². The van der Waals surface area contributed by atoms with Crippen molar-refractivity contribution in [3.05, 3.63) is 71.8 Å². The maximum absolute atomic E-state index is 6.75. The van der Waals surface area contributed by atoms with Crippen LogP contribution in [-0.4, -0.2) is 6.04 Å². The Kier molecular flexibility index (Phi) is 19.9. The molecule has 198 valence electrons. The van der Waals surface area contributed by atoms with Gasteiger partial charge in [0, 0.05) is 12.0 Å². The molecule has 1 unspecified atom stereocenters. The predicted molar refractivity (Wildman–Crippen MR) is 159 cm³/mol. The molecule has 0 aliphatic rings. The fraction of sp³-hybridized carbons (Fsp3) is 0.636. The van der Waals surface area contributed by atoms with E-state index in [1.54, 1.807) is 0 Å². The van der Waals surface area contributed by atoms with Crippen LogP contribution < -0.4 is 5.73 Å². The van der Waals surface area contributed by atoms with Crippen LogP contribution in [-0.2, 0) is 0 Å². The van der Waals surface area contributed by atoms with E-state index in [0.29, 0.717) is 5.92 Å². The van der Waals surface area contributed by atoms with Gasteiger partial charge in [-0.05, 0) is 17.5 Å². The Morgan fingerprint density at radius 1 is 0.486 bits per heavy atom. The van der Waals surface area contributed by atoms with Gasteiger partial charge >= 0.3 is 0 Å². The Bertz CT molecular complexity index is 647. The third-order valence-corrected chi connectivity index (χ3v) is 7.39. The number of rotatable bonds is 21. The Morgan fingerprint density at radius 2 is 0.800 bits per heavy atom. The summed E-state index contributed by atoms with van der Waals surface area (Å²) >= 11 is 0. The van der Waals surface area contributed by atoms with Gasteiger partial charge in [0.15, 0.2) is 0 Å². The lowest BCUT2D eigenvalue weighted by atomic mass is 9.83. The van der Waals surface area contributed by atoms with Crippen LogP contribution in [0.25, 0.3) is 0 Å². The standard InChI is InChI=1S/C33H53N.ClH/c1-2-3-4-5-6-7-8-9-10-11-12-13-14-15-16-17-24-29-32(34)33(30-25-20-18-21-26-30)31-27-22-19-23-28-31;/h18-23,25-28,32-33H,2-17,24,29,34H2,1H3;1H. The molecular formula is C33H54ClN. The second kappa shape index (κ2) is 21.9.